The molecule has 188 valence electrons. The van der Waals surface area contributed by atoms with Gasteiger partial charge in [0.15, 0.2) is 0 Å². The van der Waals surface area contributed by atoms with E-state index in [9.17, 15) is 9.59 Å². The maximum absolute atomic E-state index is 12.3. The molecule has 10 heteroatoms. The van der Waals surface area contributed by atoms with Gasteiger partial charge >= 0.3 is 0 Å². The summed E-state index contributed by atoms with van der Waals surface area (Å²) in [7, 11) is 0. The number of aromatic nitrogens is 2. The Morgan fingerprint density at radius 1 is 0.919 bits per heavy atom. The van der Waals surface area contributed by atoms with Gasteiger partial charge in [0.25, 0.3) is 5.91 Å². The van der Waals surface area contributed by atoms with E-state index < -0.39 is 0 Å². The Hall–Kier alpha value is -4.57. The number of benzene rings is 3. The number of carbonyl (C=O) groups is 2. The largest absolute Gasteiger partial charge is 0.490 e. The second kappa shape index (κ2) is 12.9. The second-order valence-corrected chi connectivity index (χ2v) is 8.90. The van der Waals surface area contributed by atoms with Crippen LogP contribution in [0.4, 0.5) is 5.13 Å². The van der Waals surface area contributed by atoms with Gasteiger partial charge < -0.3 is 9.47 Å². The summed E-state index contributed by atoms with van der Waals surface area (Å²) in [6.07, 6.45) is 1.49. The summed E-state index contributed by atoms with van der Waals surface area (Å²) in [5, 5.41) is 15.4. The van der Waals surface area contributed by atoms with E-state index in [2.05, 4.69) is 26.0 Å². The van der Waals surface area contributed by atoms with Gasteiger partial charge in [-0.05, 0) is 43.3 Å². The first kappa shape index (κ1) is 25.5. The van der Waals surface area contributed by atoms with Gasteiger partial charge in [0.2, 0.25) is 11.0 Å². The van der Waals surface area contributed by atoms with Gasteiger partial charge in [-0.3, -0.25) is 14.9 Å². The third-order valence-electron chi connectivity index (χ3n) is 4.98. The number of hydrogen-bond acceptors (Lipinski definition) is 8. The molecule has 1 aromatic heterocycles. The van der Waals surface area contributed by atoms with Crippen molar-refractivity contribution < 1.29 is 19.1 Å². The number of aryl methyl sites for hydroxylation is 1. The molecule has 1 heterocycles. The van der Waals surface area contributed by atoms with Crippen LogP contribution < -0.4 is 20.2 Å². The molecule has 2 amide bonds. The number of hydrogen-bond donors (Lipinski definition) is 2. The van der Waals surface area contributed by atoms with E-state index >= 15 is 0 Å². The Labute approximate surface area is 218 Å². The molecule has 37 heavy (non-hydrogen) atoms. The van der Waals surface area contributed by atoms with Gasteiger partial charge in [-0.25, -0.2) is 5.43 Å². The van der Waals surface area contributed by atoms with Gasteiger partial charge in [-0.2, -0.15) is 5.10 Å². The minimum absolute atomic E-state index is 0.0231. The number of hydrazone groups is 1. The molecule has 0 aliphatic heterocycles. The number of ether oxygens (including phenoxy) is 2. The van der Waals surface area contributed by atoms with Gasteiger partial charge in [0.05, 0.1) is 12.6 Å². The first-order valence-electron chi connectivity index (χ1n) is 11.5. The predicted molar refractivity (Wildman–Crippen MR) is 142 cm³/mol. The lowest BCUT2D eigenvalue weighted by Crippen LogP contribution is -2.19. The van der Waals surface area contributed by atoms with E-state index in [-0.39, 0.29) is 18.2 Å². The molecule has 2 N–H and O–H groups in total. The topological polar surface area (TPSA) is 115 Å². The minimum Gasteiger partial charge on any atom is -0.490 e. The highest BCUT2D eigenvalue weighted by atomic mass is 32.1. The zero-order chi connectivity index (χ0) is 25.9. The molecule has 0 spiro atoms. The molecule has 0 fully saturated rings. The summed E-state index contributed by atoms with van der Waals surface area (Å²) in [6, 6.07) is 24.0. The zero-order valence-electron chi connectivity index (χ0n) is 20.1. The SMILES string of the molecule is Cc1ccc(OCCOc2ccccc2C=NNC(=O)Cc2nnc(NC(=O)c3ccccc3)s2)cc1. The monoisotopic (exact) mass is 515 g/mol. The lowest BCUT2D eigenvalue weighted by Gasteiger charge is -2.10. The van der Waals surface area contributed by atoms with Crippen LogP contribution in [-0.4, -0.2) is 41.4 Å². The van der Waals surface area contributed by atoms with Gasteiger partial charge in [-0.15, -0.1) is 10.2 Å². The summed E-state index contributed by atoms with van der Waals surface area (Å²) in [5.74, 6) is 0.752. The van der Waals surface area contributed by atoms with Crippen molar-refractivity contribution >= 4 is 34.5 Å². The summed E-state index contributed by atoms with van der Waals surface area (Å²) < 4.78 is 11.5. The molecule has 0 aliphatic rings. The molecule has 3 aromatic carbocycles. The number of anilines is 1. The Bertz CT molecular complexity index is 1360. The van der Waals surface area contributed by atoms with Crippen molar-refractivity contribution in [2.45, 2.75) is 13.3 Å². The molecule has 0 unspecified atom stereocenters. The number of amides is 2. The highest BCUT2D eigenvalue weighted by Gasteiger charge is 2.12. The third-order valence-corrected chi connectivity index (χ3v) is 5.82. The minimum atomic E-state index is -0.363. The van der Waals surface area contributed by atoms with Crippen LogP contribution in [0.15, 0.2) is 84.0 Å². The number of rotatable bonds is 11. The number of nitrogens with one attached hydrogen (secondary N) is 2. The highest BCUT2D eigenvalue weighted by molar-refractivity contribution is 7.15. The molecule has 0 aliphatic carbocycles. The molecule has 9 nitrogen and oxygen atoms in total. The maximum Gasteiger partial charge on any atom is 0.257 e. The average Bonchev–Trinajstić information content (AvgIpc) is 3.35. The lowest BCUT2D eigenvalue weighted by atomic mass is 10.2. The molecular formula is C27H25N5O4S. The van der Waals surface area contributed by atoms with Crippen molar-refractivity contribution in [2.75, 3.05) is 18.5 Å². The molecule has 0 atom stereocenters. The van der Waals surface area contributed by atoms with E-state index in [0.717, 1.165) is 17.1 Å². The van der Waals surface area contributed by atoms with E-state index in [1.54, 1.807) is 24.3 Å². The summed E-state index contributed by atoms with van der Waals surface area (Å²) >= 11 is 1.13. The number of nitrogens with zero attached hydrogens (tertiary/aromatic N) is 3. The smallest absolute Gasteiger partial charge is 0.257 e. The molecule has 4 rings (SSSR count). The molecule has 4 aromatic rings. The van der Waals surface area contributed by atoms with Crippen LogP contribution in [0, 0.1) is 6.92 Å². The highest BCUT2D eigenvalue weighted by Crippen LogP contribution is 2.18. The van der Waals surface area contributed by atoms with Crippen LogP contribution >= 0.6 is 11.3 Å². The summed E-state index contributed by atoms with van der Waals surface area (Å²) in [5.41, 5.74) is 4.87. The van der Waals surface area contributed by atoms with Crippen LogP contribution in [0.3, 0.4) is 0 Å². The Kier molecular flexibility index (Phi) is 8.92. The van der Waals surface area contributed by atoms with Crippen molar-refractivity contribution in [3.8, 4) is 11.5 Å². The fourth-order valence-corrected chi connectivity index (χ4v) is 3.88. The summed E-state index contributed by atoms with van der Waals surface area (Å²) in [4.78, 5) is 24.5. The first-order chi connectivity index (χ1) is 18.1. The zero-order valence-corrected chi connectivity index (χ0v) is 20.9. The normalized spacial score (nSPS) is 10.7. The molecule has 0 saturated heterocycles. The first-order valence-corrected chi connectivity index (χ1v) is 12.3. The Morgan fingerprint density at radius 2 is 1.65 bits per heavy atom. The average molecular weight is 516 g/mol. The van der Waals surface area contributed by atoms with Crippen molar-refractivity contribution in [1.82, 2.24) is 15.6 Å². The van der Waals surface area contributed by atoms with Crippen LogP contribution in [-0.2, 0) is 11.2 Å². The number of carbonyl (C=O) groups excluding carboxylic acids is 2. The quantitative estimate of drug-likeness (QED) is 0.175. The van der Waals surface area contributed by atoms with Crippen LogP contribution in [0.2, 0.25) is 0 Å². The van der Waals surface area contributed by atoms with Crippen LogP contribution in [0.1, 0.15) is 26.5 Å². The van der Waals surface area contributed by atoms with Gasteiger partial charge in [-0.1, -0.05) is 59.4 Å². The fourth-order valence-electron chi connectivity index (χ4n) is 3.15. The van der Waals surface area contributed by atoms with Crippen LogP contribution in [0.25, 0.3) is 0 Å². The standard InChI is InChI=1S/C27H25N5O4S/c1-19-11-13-22(14-12-19)35-15-16-36-23-10-6-5-9-21(23)18-28-30-24(33)17-25-31-32-27(37-25)29-26(34)20-7-3-2-4-8-20/h2-14,18H,15-17H2,1H3,(H,30,33)(H,29,32,34). The summed E-state index contributed by atoms with van der Waals surface area (Å²) in [6.45, 7) is 2.76. The maximum atomic E-state index is 12.3. The molecule has 0 saturated carbocycles. The fraction of sp³-hybridized carbons (Fsp3) is 0.148. The van der Waals surface area contributed by atoms with Gasteiger partial charge in [0, 0.05) is 11.1 Å². The predicted octanol–water partition coefficient (Wildman–Crippen LogP) is 4.25. The molecular weight excluding hydrogens is 490 g/mol. The van der Waals surface area contributed by atoms with E-state index in [0.29, 0.717) is 40.2 Å². The van der Waals surface area contributed by atoms with E-state index in [4.69, 9.17) is 9.47 Å². The van der Waals surface area contributed by atoms with Crippen molar-refractivity contribution in [3.05, 3.63) is 101 Å². The Balaban J connectivity index is 1.23. The lowest BCUT2D eigenvalue weighted by molar-refractivity contribution is -0.120. The third kappa shape index (κ3) is 7.97. The van der Waals surface area contributed by atoms with E-state index in [1.807, 2.05) is 61.5 Å². The molecule has 0 bridgehead atoms. The Morgan fingerprint density at radius 3 is 2.46 bits per heavy atom. The van der Waals surface area contributed by atoms with Crippen molar-refractivity contribution in [3.63, 3.8) is 0 Å². The number of para-hydroxylation sites is 1. The van der Waals surface area contributed by atoms with Crippen LogP contribution in [0.5, 0.6) is 11.5 Å². The van der Waals surface area contributed by atoms with E-state index in [1.165, 1.54) is 11.8 Å². The second-order valence-electron chi connectivity index (χ2n) is 7.84. The molecule has 0 radical (unpaired) electrons. The van der Waals surface area contributed by atoms with Gasteiger partial charge in [0.1, 0.15) is 29.7 Å². The van der Waals surface area contributed by atoms with Crippen molar-refractivity contribution in [1.29, 1.82) is 0 Å². The van der Waals surface area contributed by atoms with Crippen molar-refractivity contribution in [2.24, 2.45) is 5.10 Å².